The second-order valence-corrected chi connectivity index (χ2v) is 7.89. The molecule has 5 nitrogen and oxygen atoms in total. The maximum atomic E-state index is 12.9. The Bertz CT molecular complexity index is 867. The number of aryl methyl sites for hydroxylation is 1. The van der Waals surface area contributed by atoms with Crippen LogP contribution < -0.4 is 14.8 Å². The molecule has 0 radical (unpaired) electrons. The number of methoxy groups -OCH3 is 2. The summed E-state index contributed by atoms with van der Waals surface area (Å²) in [5.41, 5.74) is 2.64. The smallest absolute Gasteiger partial charge is 0.253 e. The van der Waals surface area contributed by atoms with Gasteiger partial charge in [0.15, 0.2) is 11.5 Å². The number of fused-ring (bicyclic) bond motifs is 1. The van der Waals surface area contributed by atoms with Gasteiger partial charge in [0.05, 0.1) is 19.8 Å². The Morgan fingerprint density at radius 3 is 2.54 bits per heavy atom. The van der Waals surface area contributed by atoms with Crippen LogP contribution in [0.25, 0.3) is 0 Å². The fraction of sp³-hybridized carbons (Fsp3) is 0.478. The molecule has 1 aromatic carbocycles. The molecule has 0 bridgehead atoms. The van der Waals surface area contributed by atoms with Crippen molar-refractivity contribution in [3.63, 3.8) is 0 Å². The van der Waals surface area contributed by atoms with E-state index in [0.717, 1.165) is 17.2 Å². The Morgan fingerprint density at radius 2 is 1.82 bits per heavy atom. The Morgan fingerprint density at radius 1 is 1.07 bits per heavy atom. The van der Waals surface area contributed by atoms with Gasteiger partial charge in [-0.05, 0) is 61.4 Å². The molecule has 1 amide bonds. The SMILES string of the molecule is COc1ccc([C@H]2[C@@H]3CCCC[C@@H]3[C@@H]2NC(=O)c2cccnc2C)cc1OC. The number of hydrogen-bond acceptors (Lipinski definition) is 4. The molecule has 1 N–H and O–H groups in total. The molecule has 4 atom stereocenters. The van der Waals surface area contributed by atoms with E-state index in [9.17, 15) is 4.79 Å². The summed E-state index contributed by atoms with van der Waals surface area (Å²) in [5, 5.41) is 3.34. The van der Waals surface area contributed by atoms with Crippen LogP contribution >= 0.6 is 0 Å². The highest BCUT2D eigenvalue weighted by Gasteiger charge is 2.52. The molecule has 28 heavy (non-hydrogen) atoms. The van der Waals surface area contributed by atoms with Gasteiger partial charge < -0.3 is 14.8 Å². The predicted octanol–water partition coefficient (Wildman–Crippen LogP) is 4.11. The van der Waals surface area contributed by atoms with Gasteiger partial charge in [0.1, 0.15) is 0 Å². The summed E-state index contributed by atoms with van der Waals surface area (Å²) in [4.78, 5) is 17.2. The molecular formula is C23H28N2O3. The van der Waals surface area contributed by atoms with Crippen molar-refractivity contribution in [2.45, 2.75) is 44.6 Å². The summed E-state index contributed by atoms with van der Waals surface area (Å²) in [6, 6.07) is 9.97. The maximum absolute atomic E-state index is 12.9. The molecule has 2 aliphatic carbocycles. The third-order valence-corrected chi connectivity index (χ3v) is 6.53. The van der Waals surface area contributed by atoms with Crippen molar-refractivity contribution in [2.75, 3.05) is 14.2 Å². The molecule has 148 valence electrons. The monoisotopic (exact) mass is 380 g/mol. The fourth-order valence-corrected chi connectivity index (χ4v) is 5.13. The molecule has 2 aromatic rings. The number of nitrogens with one attached hydrogen (secondary N) is 1. The Kier molecular flexibility index (Phi) is 5.25. The van der Waals surface area contributed by atoms with Crippen LogP contribution in [0.1, 0.15) is 53.2 Å². The first-order chi connectivity index (χ1) is 13.6. The van der Waals surface area contributed by atoms with Crippen LogP contribution in [-0.2, 0) is 0 Å². The van der Waals surface area contributed by atoms with Crippen LogP contribution in [0, 0.1) is 18.8 Å². The van der Waals surface area contributed by atoms with Crippen molar-refractivity contribution in [2.24, 2.45) is 11.8 Å². The Balaban J connectivity index is 1.61. The molecule has 4 rings (SSSR count). The number of ether oxygens (including phenoxy) is 2. The van der Waals surface area contributed by atoms with Gasteiger partial charge in [-0.2, -0.15) is 0 Å². The second kappa shape index (κ2) is 7.82. The molecule has 0 spiro atoms. The van der Waals surface area contributed by atoms with E-state index >= 15 is 0 Å². The average Bonchev–Trinajstić information content (AvgIpc) is 2.72. The average molecular weight is 380 g/mol. The van der Waals surface area contributed by atoms with E-state index in [1.165, 1.54) is 31.2 Å². The number of carbonyl (C=O) groups is 1. The quantitative estimate of drug-likeness (QED) is 0.848. The first-order valence-corrected chi connectivity index (χ1v) is 10.1. The van der Waals surface area contributed by atoms with Crippen LogP contribution in [0.4, 0.5) is 0 Å². The third-order valence-electron chi connectivity index (χ3n) is 6.53. The molecule has 0 aliphatic heterocycles. The lowest BCUT2D eigenvalue weighted by Crippen LogP contribution is -2.59. The lowest BCUT2D eigenvalue weighted by molar-refractivity contribution is 0.0250. The number of pyridine rings is 1. The highest BCUT2D eigenvalue weighted by molar-refractivity contribution is 5.95. The molecule has 2 fully saturated rings. The summed E-state index contributed by atoms with van der Waals surface area (Å²) in [6.07, 6.45) is 6.65. The number of benzene rings is 1. The van der Waals surface area contributed by atoms with Crippen molar-refractivity contribution in [3.8, 4) is 11.5 Å². The van der Waals surface area contributed by atoms with E-state index in [1.807, 2.05) is 25.1 Å². The van der Waals surface area contributed by atoms with Crippen LogP contribution in [-0.4, -0.2) is 31.2 Å². The molecule has 0 saturated heterocycles. The standard InChI is InChI=1S/C23H28N2O3/c1-14-16(9-6-12-24-14)23(26)25-22-18-8-5-4-7-17(18)21(22)15-10-11-19(27-2)20(13-15)28-3/h6,9-13,17-18,21-22H,4-5,7-8H2,1-3H3,(H,25,26)/t17-,18+,21+,22+/m1/s1. The molecule has 2 aliphatic rings. The minimum absolute atomic E-state index is 0.0231. The van der Waals surface area contributed by atoms with Gasteiger partial charge in [-0.25, -0.2) is 0 Å². The largest absolute Gasteiger partial charge is 0.493 e. The van der Waals surface area contributed by atoms with E-state index in [1.54, 1.807) is 20.4 Å². The van der Waals surface area contributed by atoms with Gasteiger partial charge in [-0.3, -0.25) is 9.78 Å². The molecular weight excluding hydrogens is 352 g/mol. The van der Waals surface area contributed by atoms with Crippen LogP contribution in [0.3, 0.4) is 0 Å². The lowest BCUT2D eigenvalue weighted by Gasteiger charge is -2.55. The van der Waals surface area contributed by atoms with Gasteiger partial charge in [0.2, 0.25) is 0 Å². The van der Waals surface area contributed by atoms with Gasteiger partial charge in [-0.1, -0.05) is 18.9 Å². The molecule has 5 heteroatoms. The van der Waals surface area contributed by atoms with Crippen LogP contribution in [0.2, 0.25) is 0 Å². The van der Waals surface area contributed by atoms with Crippen LogP contribution in [0.5, 0.6) is 11.5 Å². The van der Waals surface area contributed by atoms with E-state index in [-0.39, 0.29) is 11.9 Å². The maximum Gasteiger partial charge on any atom is 0.253 e. The van der Waals surface area contributed by atoms with Gasteiger partial charge >= 0.3 is 0 Å². The summed E-state index contributed by atoms with van der Waals surface area (Å²) in [5.74, 6) is 2.93. The normalized spacial score (nSPS) is 26.0. The Hall–Kier alpha value is -2.56. The molecule has 0 unspecified atom stereocenters. The zero-order valence-electron chi connectivity index (χ0n) is 16.8. The predicted molar refractivity (Wildman–Crippen MR) is 108 cm³/mol. The number of nitrogens with zero attached hydrogens (tertiary/aromatic N) is 1. The summed E-state index contributed by atoms with van der Waals surface area (Å²) in [6.45, 7) is 1.88. The minimum atomic E-state index is -0.0231. The van der Waals surface area contributed by atoms with Crippen LogP contribution in [0.15, 0.2) is 36.5 Å². The van der Waals surface area contributed by atoms with Gasteiger partial charge in [0, 0.05) is 23.9 Å². The van der Waals surface area contributed by atoms with Gasteiger partial charge in [0.25, 0.3) is 5.91 Å². The summed E-state index contributed by atoms with van der Waals surface area (Å²) < 4.78 is 10.9. The number of carbonyl (C=O) groups excluding carboxylic acids is 1. The Labute approximate surface area is 166 Å². The minimum Gasteiger partial charge on any atom is -0.493 e. The highest BCUT2D eigenvalue weighted by atomic mass is 16.5. The van der Waals surface area contributed by atoms with E-state index in [0.29, 0.717) is 23.3 Å². The molecule has 1 heterocycles. The first kappa shape index (κ1) is 18.8. The fourth-order valence-electron chi connectivity index (χ4n) is 5.13. The van der Waals surface area contributed by atoms with Crippen molar-refractivity contribution in [3.05, 3.63) is 53.3 Å². The van der Waals surface area contributed by atoms with E-state index < -0.39 is 0 Å². The van der Waals surface area contributed by atoms with E-state index in [4.69, 9.17) is 9.47 Å². The van der Waals surface area contributed by atoms with Crippen molar-refractivity contribution < 1.29 is 14.3 Å². The molecule has 2 saturated carbocycles. The first-order valence-electron chi connectivity index (χ1n) is 10.1. The van der Waals surface area contributed by atoms with Gasteiger partial charge in [-0.15, -0.1) is 0 Å². The topological polar surface area (TPSA) is 60.5 Å². The third kappa shape index (κ3) is 3.23. The number of aromatic nitrogens is 1. The zero-order chi connectivity index (χ0) is 19.7. The second-order valence-electron chi connectivity index (χ2n) is 7.89. The lowest BCUT2D eigenvalue weighted by atomic mass is 9.53. The van der Waals surface area contributed by atoms with Crippen molar-refractivity contribution >= 4 is 5.91 Å². The summed E-state index contributed by atoms with van der Waals surface area (Å²) >= 11 is 0. The number of amides is 1. The van der Waals surface area contributed by atoms with E-state index in [2.05, 4.69) is 22.4 Å². The zero-order valence-corrected chi connectivity index (χ0v) is 16.8. The summed E-state index contributed by atoms with van der Waals surface area (Å²) in [7, 11) is 3.31. The van der Waals surface area contributed by atoms with Crippen molar-refractivity contribution in [1.29, 1.82) is 0 Å². The number of rotatable bonds is 5. The highest BCUT2D eigenvalue weighted by Crippen LogP contribution is 2.55. The molecule has 1 aromatic heterocycles. The van der Waals surface area contributed by atoms with Crippen molar-refractivity contribution in [1.82, 2.24) is 10.3 Å². The number of hydrogen-bond donors (Lipinski definition) is 1.